The number of phenolic OH excluding ortho intramolecular Hbond substituents is 1. The number of hydrogen-bond donors (Lipinski definition) is 2. The molecule has 0 saturated carbocycles. The van der Waals surface area contributed by atoms with E-state index in [0.29, 0.717) is 25.9 Å². The lowest BCUT2D eigenvalue weighted by atomic mass is 9.83. The first kappa shape index (κ1) is 50.5. The van der Waals surface area contributed by atoms with E-state index in [0.717, 1.165) is 29.0 Å². The van der Waals surface area contributed by atoms with Crippen LogP contribution >= 0.6 is 11.3 Å². The number of likely N-dealkylation sites (tertiary alicyclic amines) is 1. The average Bonchev–Trinajstić information content (AvgIpc) is 3.97. The van der Waals surface area contributed by atoms with Crippen LogP contribution in [0.15, 0.2) is 66.2 Å². The standard InChI is InChI=1S/C49H73N5O7S/c1-12-33(6)45(53(9)49(59)38(31(2)3)28-41(56)44(32(4)5)52(8)30-36-20-22-37(55)23-21-36)42(60-10)29-43(57)54-25-16-19-40(54)46(61-11)34(7)47(58)51-39(48-50-24-26-62-48)27-35-17-14-13-15-18-35/h13-15,17-18,20-24,26,31-34,38-40,42,44-46,55H,12,16,19,25,27-30H2,1-11H3,(H,51,58)/t33-,34+,38-,39-,40-,42+,44-,45-,46+/m0/s1. The number of nitrogens with zero attached hydrogens (tertiary/aromatic N) is 4. The number of nitrogens with one attached hydrogen (secondary N) is 1. The zero-order valence-corrected chi connectivity index (χ0v) is 39.8. The number of rotatable bonds is 24. The van der Waals surface area contributed by atoms with E-state index in [-0.39, 0.29) is 71.9 Å². The maximum atomic E-state index is 14.6. The van der Waals surface area contributed by atoms with Crippen LogP contribution in [0.2, 0.25) is 0 Å². The first-order valence-corrected chi connectivity index (χ1v) is 23.3. The number of aromatic nitrogens is 1. The second-order valence-electron chi connectivity index (χ2n) is 18.0. The van der Waals surface area contributed by atoms with Crippen LogP contribution in [-0.4, -0.2) is 113 Å². The molecule has 0 radical (unpaired) electrons. The Kier molecular flexibility index (Phi) is 19.6. The number of methoxy groups -OCH3 is 2. The fourth-order valence-corrected chi connectivity index (χ4v) is 10.1. The van der Waals surface area contributed by atoms with Gasteiger partial charge in [0.05, 0.1) is 48.7 Å². The van der Waals surface area contributed by atoms with Gasteiger partial charge in [-0.1, -0.05) is 97.4 Å². The van der Waals surface area contributed by atoms with E-state index >= 15 is 0 Å². The van der Waals surface area contributed by atoms with Gasteiger partial charge in [-0.15, -0.1) is 11.3 Å². The highest BCUT2D eigenvalue weighted by molar-refractivity contribution is 7.09. The van der Waals surface area contributed by atoms with Crippen LogP contribution in [0.1, 0.15) is 103 Å². The Hall–Kier alpha value is -4.17. The molecule has 2 heterocycles. The summed E-state index contributed by atoms with van der Waals surface area (Å²) in [6, 6.07) is 15.5. The SMILES string of the molecule is CC[C@H](C)[C@@H]([C@@H](CC(=O)N1CCC[C@H]1[C@H](OC)[C@@H](C)C(=O)N[C@@H](Cc1ccccc1)c1nccs1)OC)N(C)C(=O)[C@@H](CC(=O)[C@H](C(C)C)N(C)Cc1ccc(O)cc1)C(C)C. The van der Waals surface area contributed by atoms with Crippen LogP contribution in [0.4, 0.5) is 0 Å². The number of Topliss-reactive ketones (excluding diaryl/α,β-unsaturated/α-hetero) is 1. The van der Waals surface area contributed by atoms with E-state index in [9.17, 15) is 24.3 Å². The Morgan fingerprint density at radius 1 is 0.919 bits per heavy atom. The predicted molar refractivity (Wildman–Crippen MR) is 245 cm³/mol. The summed E-state index contributed by atoms with van der Waals surface area (Å²) in [6.07, 6.45) is 3.52. The lowest BCUT2D eigenvalue weighted by Gasteiger charge is -2.41. The number of phenols is 1. The third-order valence-corrected chi connectivity index (χ3v) is 13.8. The molecule has 2 N–H and O–H groups in total. The summed E-state index contributed by atoms with van der Waals surface area (Å²) in [5.74, 6) is -1.49. The summed E-state index contributed by atoms with van der Waals surface area (Å²) in [4.78, 5) is 67.3. The third kappa shape index (κ3) is 13.2. The summed E-state index contributed by atoms with van der Waals surface area (Å²) >= 11 is 1.50. The van der Waals surface area contributed by atoms with Crippen molar-refractivity contribution in [3.8, 4) is 5.75 Å². The molecule has 62 heavy (non-hydrogen) atoms. The molecule has 2 aromatic carbocycles. The summed E-state index contributed by atoms with van der Waals surface area (Å²) in [5, 5.41) is 15.7. The van der Waals surface area contributed by atoms with Gasteiger partial charge in [0, 0.05) is 58.3 Å². The number of likely N-dealkylation sites (N-methyl/N-ethyl adjacent to an activating group) is 2. The number of ether oxygens (including phenoxy) is 2. The van der Waals surface area contributed by atoms with Crippen molar-refractivity contribution in [3.63, 3.8) is 0 Å². The van der Waals surface area contributed by atoms with Gasteiger partial charge < -0.3 is 29.7 Å². The van der Waals surface area contributed by atoms with Crippen LogP contribution in [0.25, 0.3) is 0 Å². The summed E-state index contributed by atoms with van der Waals surface area (Å²) in [5.41, 5.74) is 2.07. The number of aromatic hydroxyl groups is 1. The fourth-order valence-electron chi connectivity index (χ4n) is 9.39. The Bertz CT molecular complexity index is 1840. The highest BCUT2D eigenvalue weighted by atomic mass is 32.1. The second kappa shape index (κ2) is 24.0. The molecule has 12 nitrogen and oxygen atoms in total. The molecule has 3 amide bonds. The van der Waals surface area contributed by atoms with Crippen molar-refractivity contribution in [3.05, 3.63) is 82.3 Å². The maximum Gasteiger partial charge on any atom is 0.226 e. The molecule has 4 rings (SSSR count). The topological polar surface area (TPSA) is 142 Å². The Labute approximate surface area is 374 Å². The van der Waals surface area contributed by atoms with Gasteiger partial charge >= 0.3 is 0 Å². The molecule has 0 unspecified atom stereocenters. The van der Waals surface area contributed by atoms with Crippen LogP contribution < -0.4 is 5.32 Å². The molecule has 13 heteroatoms. The van der Waals surface area contributed by atoms with E-state index in [1.165, 1.54) is 11.3 Å². The summed E-state index contributed by atoms with van der Waals surface area (Å²) in [6.45, 7) is 15.1. The largest absolute Gasteiger partial charge is 0.508 e. The maximum absolute atomic E-state index is 14.6. The minimum atomic E-state index is -0.616. The number of amides is 3. The average molecular weight is 876 g/mol. The van der Waals surface area contributed by atoms with Crippen molar-refractivity contribution in [2.24, 2.45) is 29.6 Å². The smallest absolute Gasteiger partial charge is 0.226 e. The molecule has 3 aromatic rings. The van der Waals surface area contributed by atoms with Gasteiger partial charge in [-0.2, -0.15) is 0 Å². The van der Waals surface area contributed by atoms with E-state index in [1.54, 1.807) is 44.5 Å². The van der Waals surface area contributed by atoms with Crippen molar-refractivity contribution in [2.75, 3.05) is 34.9 Å². The Morgan fingerprint density at radius 3 is 2.16 bits per heavy atom. The van der Waals surface area contributed by atoms with Crippen LogP contribution in [0.3, 0.4) is 0 Å². The Balaban J connectivity index is 1.48. The zero-order valence-electron chi connectivity index (χ0n) is 39.0. The fraction of sp³-hybridized carbons (Fsp3) is 0.612. The molecule has 0 bridgehead atoms. The van der Waals surface area contributed by atoms with Crippen molar-refractivity contribution in [2.45, 2.75) is 130 Å². The lowest BCUT2D eigenvalue weighted by molar-refractivity contribution is -0.149. The van der Waals surface area contributed by atoms with Crippen molar-refractivity contribution >= 4 is 34.8 Å². The molecule has 1 fully saturated rings. The molecule has 9 atom stereocenters. The number of carbonyl (C=O) groups is 4. The quantitative estimate of drug-likeness (QED) is 0.0934. The van der Waals surface area contributed by atoms with Gasteiger partial charge in [-0.25, -0.2) is 4.98 Å². The normalized spacial score (nSPS) is 18.2. The van der Waals surface area contributed by atoms with Gasteiger partial charge in [0.25, 0.3) is 0 Å². The summed E-state index contributed by atoms with van der Waals surface area (Å²) in [7, 11) is 6.90. The van der Waals surface area contributed by atoms with E-state index in [1.807, 2.05) is 99.3 Å². The number of thiazole rings is 1. The van der Waals surface area contributed by atoms with Crippen LogP contribution in [-0.2, 0) is 41.6 Å². The van der Waals surface area contributed by atoms with Crippen molar-refractivity contribution in [1.82, 2.24) is 25.0 Å². The molecule has 1 aliphatic rings. The van der Waals surface area contributed by atoms with E-state index in [4.69, 9.17) is 9.47 Å². The molecule has 1 saturated heterocycles. The zero-order chi connectivity index (χ0) is 45.7. The number of ketones is 1. The monoisotopic (exact) mass is 876 g/mol. The molecular weight excluding hydrogens is 803 g/mol. The predicted octanol–water partition coefficient (Wildman–Crippen LogP) is 7.56. The second-order valence-corrected chi connectivity index (χ2v) is 18.9. The first-order valence-electron chi connectivity index (χ1n) is 22.4. The molecular formula is C49H73N5O7S. The minimum Gasteiger partial charge on any atom is -0.508 e. The van der Waals surface area contributed by atoms with Gasteiger partial charge in [-0.05, 0) is 67.3 Å². The van der Waals surface area contributed by atoms with Gasteiger partial charge in [0.1, 0.15) is 10.8 Å². The van der Waals surface area contributed by atoms with Gasteiger partial charge in [0.15, 0.2) is 5.78 Å². The highest BCUT2D eigenvalue weighted by Crippen LogP contribution is 2.32. The van der Waals surface area contributed by atoms with Crippen molar-refractivity contribution in [1.29, 1.82) is 0 Å². The van der Waals surface area contributed by atoms with Gasteiger partial charge in [0.2, 0.25) is 17.7 Å². The molecule has 342 valence electrons. The molecule has 1 aromatic heterocycles. The molecule has 0 aliphatic carbocycles. The van der Waals surface area contributed by atoms with Gasteiger partial charge in [-0.3, -0.25) is 24.1 Å². The minimum absolute atomic E-state index is 0.00544. The number of hydrogen-bond acceptors (Lipinski definition) is 10. The van der Waals surface area contributed by atoms with E-state index in [2.05, 4.69) is 24.1 Å². The van der Waals surface area contributed by atoms with Crippen LogP contribution in [0.5, 0.6) is 5.75 Å². The number of carbonyl (C=O) groups excluding carboxylic acids is 4. The summed E-state index contributed by atoms with van der Waals surface area (Å²) < 4.78 is 12.2. The number of benzene rings is 2. The van der Waals surface area contributed by atoms with E-state index < -0.39 is 36.1 Å². The lowest BCUT2D eigenvalue weighted by Crippen LogP contribution is -2.54. The Morgan fingerprint density at radius 2 is 1.60 bits per heavy atom. The third-order valence-electron chi connectivity index (χ3n) is 13.0. The first-order chi connectivity index (χ1) is 29.5. The molecule has 1 aliphatic heterocycles. The highest BCUT2D eigenvalue weighted by Gasteiger charge is 2.43. The van der Waals surface area contributed by atoms with Crippen LogP contribution in [0, 0.1) is 29.6 Å². The van der Waals surface area contributed by atoms with Crippen molar-refractivity contribution < 1.29 is 33.8 Å². The molecule has 0 spiro atoms.